The summed E-state index contributed by atoms with van der Waals surface area (Å²) in [5, 5.41) is 3.02. The SMILES string of the molecule is Clc1ccc(C(SC(c2ccc(Cl)cc2)c2ccc(Cl)cc2)c2ccc(Cl)cc2)cc1. The van der Waals surface area contributed by atoms with E-state index in [0.717, 1.165) is 20.1 Å². The molecule has 5 heteroatoms. The van der Waals surface area contributed by atoms with Crippen molar-refractivity contribution in [3.8, 4) is 0 Å². The summed E-state index contributed by atoms with van der Waals surface area (Å²) in [7, 11) is 0. The fraction of sp³-hybridized carbons (Fsp3) is 0.0769. The molecule has 0 nitrogen and oxygen atoms in total. The first-order valence-corrected chi connectivity index (χ1v) is 12.1. The van der Waals surface area contributed by atoms with Gasteiger partial charge in [-0.3, -0.25) is 0 Å². The van der Waals surface area contributed by atoms with Crippen molar-refractivity contribution < 1.29 is 0 Å². The van der Waals surface area contributed by atoms with Crippen LogP contribution in [-0.2, 0) is 0 Å². The summed E-state index contributed by atoms with van der Waals surface area (Å²) in [6, 6.07) is 32.1. The Kier molecular flexibility index (Phi) is 7.53. The molecule has 0 aliphatic rings. The van der Waals surface area contributed by atoms with Gasteiger partial charge in [-0.25, -0.2) is 0 Å². The second-order valence-corrected chi connectivity index (χ2v) is 10.1. The zero-order chi connectivity index (χ0) is 21.8. The summed E-state index contributed by atoms with van der Waals surface area (Å²) in [5.74, 6) is 0. The summed E-state index contributed by atoms with van der Waals surface area (Å²) in [5.41, 5.74) is 4.68. The zero-order valence-corrected chi connectivity index (χ0v) is 20.2. The Morgan fingerprint density at radius 3 is 0.742 bits per heavy atom. The van der Waals surface area contributed by atoms with Crippen molar-refractivity contribution in [1.29, 1.82) is 0 Å². The van der Waals surface area contributed by atoms with Gasteiger partial charge in [0.1, 0.15) is 0 Å². The van der Waals surface area contributed by atoms with Crippen LogP contribution in [0, 0.1) is 0 Å². The standard InChI is InChI=1S/C26H18Cl4S/c27-21-9-1-17(2-10-21)25(18-3-11-22(28)12-4-18)31-26(19-5-13-23(29)14-6-19)20-7-15-24(30)16-8-20/h1-16,25-26H. The van der Waals surface area contributed by atoms with E-state index in [1.54, 1.807) is 0 Å². The van der Waals surface area contributed by atoms with Crippen LogP contribution < -0.4 is 0 Å². The van der Waals surface area contributed by atoms with Gasteiger partial charge in [0.25, 0.3) is 0 Å². The molecule has 0 fully saturated rings. The molecule has 4 aromatic rings. The Morgan fingerprint density at radius 2 is 0.548 bits per heavy atom. The normalized spacial score (nSPS) is 11.3. The van der Waals surface area contributed by atoms with E-state index in [4.69, 9.17) is 46.4 Å². The van der Waals surface area contributed by atoms with E-state index in [1.807, 2.05) is 60.3 Å². The second-order valence-electron chi connectivity index (χ2n) is 7.10. The molecule has 0 spiro atoms. The van der Waals surface area contributed by atoms with Crippen molar-refractivity contribution in [3.63, 3.8) is 0 Å². The third-order valence-corrected chi connectivity index (χ3v) is 7.60. The number of rotatable bonds is 6. The van der Waals surface area contributed by atoms with Crippen molar-refractivity contribution in [2.24, 2.45) is 0 Å². The van der Waals surface area contributed by atoms with E-state index in [9.17, 15) is 0 Å². The number of hydrogen-bond donors (Lipinski definition) is 0. The predicted octanol–water partition coefficient (Wildman–Crippen LogP) is 9.91. The van der Waals surface area contributed by atoms with Crippen molar-refractivity contribution in [1.82, 2.24) is 0 Å². The van der Waals surface area contributed by atoms with Crippen LogP contribution in [0.4, 0.5) is 0 Å². The van der Waals surface area contributed by atoms with Crippen molar-refractivity contribution in [2.75, 3.05) is 0 Å². The highest BCUT2D eigenvalue weighted by atomic mass is 35.5. The van der Waals surface area contributed by atoms with E-state index in [1.165, 1.54) is 22.3 Å². The topological polar surface area (TPSA) is 0 Å². The summed E-state index contributed by atoms with van der Waals surface area (Å²) in [4.78, 5) is 0. The lowest BCUT2D eigenvalue weighted by Gasteiger charge is -2.25. The first-order chi connectivity index (χ1) is 15.0. The van der Waals surface area contributed by atoms with Crippen LogP contribution in [0.2, 0.25) is 20.1 Å². The Morgan fingerprint density at radius 1 is 0.355 bits per heavy atom. The van der Waals surface area contributed by atoms with Gasteiger partial charge in [0, 0.05) is 20.1 Å². The highest BCUT2D eigenvalue weighted by Gasteiger charge is 2.23. The van der Waals surface area contributed by atoms with Gasteiger partial charge in [-0.15, -0.1) is 11.8 Å². The highest BCUT2D eigenvalue weighted by molar-refractivity contribution is 8.00. The van der Waals surface area contributed by atoms with Crippen LogP contribution >= 0.6 is 58.2 Å². The molecule has 31 heavy (non-hydrogen) atoms. The fourth-order valence-corrected chi connectivity index (χ4v) is 5.42. The van der Waals surface area contributed by atoms with E-state index < -0.39 is 0 Å². The van der Waals surface area contributed by atoms with Crippen molar-refractivity contribution >= 4 is 58.2 Å². The molecule has 0 radical (unpaired) electrons. The van der Waals surface area contributed by atoms with Gasteiger partial charge in [-0.05, 0) is 70.8 Å². The molecule has 0 atom stereocenters. The van der Waals surface area contributed by atoms with E-state index >= 15 is 0 Å². The Labute approximate surface area is 207 Å². The van der Waals surface area contributed by atoms with Crippen LogP contribution in [0.15, 0.2) is 97.1 Å². The third kappa shape index (κ3) is 5.80. The molecule has 0 aliphatic carbocycles. The maximum atomic E-state index is 6.16. The zero-order valence-electron chi connectivity index (χ0n) is 16.3. The first-order valence-electron chi connectivity index (χ1n) is 9.67. The summed E-state index contributed by atoms with van der Waals surface area (Å²) >= 11 is 26.5. The molecule has 0 amide bonds. The molecule has 156 valence electrons. The van der Waals surface area contributed by atoms with Gasteiger partial charge in [-0.2, -0.15) is 0 Å². The van der Waals surface area contributed by atoms with Gasteiger partial charge in [-0.1, -0.05) is 94.9 Å². The van der Waals surface area contributed by atoms with Gasteiger partial charge in [0.2, 0.25) is 0 Å². The van der Waals surface area contributed by atoms with Gasteiger partial charge < -0.3 is 0 Å². The smallest absolute Gasteiger partial charge is 0.0556 e. The number of benzene rings is 4. The molecule has 0 aliphatic heterocycles. The number of halogens is 4. The lowest BCUT2D eigenvalue weighted by Crippen LogP contribution is -2.04. The molecule has 0 saturated carbocycles. The number of thioether (sulfide) groups is 1. The van der Waals surface area contributed by atoms with E-state index in [0.29, 0.717) is 0 Å². The average Bonchev–Trinajstić information content (AvgIpc) is 2.78. The fourth-order valence-electron chi connectivity index (χ4n) is 3.39. The molecule has 0 bridgehead atoms. The average molecular weight is 504 g/mol. The summed E-state index contributed by atoms with van der Waals surface area (Å²) in [6.07, 6.45) is 0. The number of hydrogen-bond acceptors (Lipinski definition) is 1. The summed E-state index contributed by atoms with van der Waals surface area (Å²) < 4.78 is 0. The van der Waals surface area contributed by atoms with E-state index in [2.05, 4.69) is 48.5 Å². The third-order valence-electron chi connectivity index (χ3n) is 4.96. The Bertz CT molecular complexity index is 938. The lowest BCUT2D eigenvalue weighted by atomic mass is 10.0. The van der Waals surface area contributed by atoms with Crippen molar-refractivity contribution in [2.45, 2.75) is 10.5 Å². The molecule has 0 saturated heterocycles. The molecule has 0 unspecified atom stereocenters. The molecule has 4 rings (SSSR count). The van der Waals surface area contributed by atoms with Crippen LogP contribution in [0.3, 0.4) is 0 Å². The maximum Gasteiger partial charge on any atom is 0.0556 e. The van der Waals surface area contributed by atoms with E-state index in [-0.39, 0.29) is 10.5 Å². The Hall–Kier alpha value is -1.61. The van der Waals surface area contributed by atoms with Crippen molar-refractivity contribution in [3.05, 3.63) is 139 Å². The molecule has 0 N–H and O–H groups in total. The molecular weight excluding hydrogens is 486 g/mol. The minimum absolute atomic E-state index is 0.0749. The van der Waals surface area contributed by atoms with Crippen LogP contribution in [0.5, 0.6) is 0 Å². The highest BCUT2D eigenvalue weighted by Crippen LogP contribution is 2.48. The van der Waals surface area contributed by atoms with Crippen LogP contribution in [0.1, 0.15) is 32.8 Å². The van der Waals surface area contributed by atoms with Gasteiger partial charge >= 0.3 is 0 Å². The Balaban J connectivity index is 1.79. The molecule has 4 aromatic carbocycles. The molecular formula is C26H18Cl4S. The minimum atomic E-state index is 0.0749. The van der Waals surface area contributed by atoms with Gasteiger partial charge in [0.15, 0.2) is 0 Å². The minimum Gasteiger partial charge on any atom is -0.136 e. The summed E-state index contributed by atoms with van der Waals surface area (Å²) in [6.45, 7) is 0. The quantitative estimate of drug-likeness (QED) is 0.252. The lowest BCUT2D eigenvalue weighted by molar-refractivity contribution is 1.10. The van der Waals surface area contributed by atoms with Crippen LogP contribution in [-0.4, -0.2) is 0 Å². The van der Waals surface area contributed by atoms with Gasteiger partial charge in [0.05, 0.1) is 10.5 Å². The largest absolute Gasteiger partial charge is 0.136 e. The molecule has 0 heterocycles. The van der Waals surface area contributed by atoms with Crippen LogP contribution in [0.25, 0.3) is 0 Å². The predicted molar refractivity (Wildman–Crippen MR) is 137 cm³/mol. The monoisotopic (exact) mass is 502 g/mol. The maximum absolute atomic E-state index is 6.16. The second kappa shape index (κ2) is 10.3. The first kappa shape index (κ1) is 22.6. The molecule has 0 aromatic heterocycles.